The number of aliphatic hydroxyl groups is 1. The fraction of sp³-hybridized carbons (Fsp3) is 0.444. The summed E-state index contributed by atoms with van der Waals surface area (Å²) in [6.07, 6.45) is 0.837. The van der Waals surface area contributed by atoms with Crippen molar-refractivity contribution in [2.45, 2.75) is 39.0 Å². The van der Waals surface area contributed by atoms with Crippen molar-refractivity contribution in [1.29, 1.82) is 0 Å². The maximum Gasteiger partial charge on any atom is 0.242 e. The van der Waals surface area contributed by atoms with Gasteiger partial charge in [0.25, 0.3) is 0 Å². The number of likely N-dealkylation sites (N-methyl/N-ethyl adjacent to an activating group) is 1. The number of carbonyl (C=O) groups excluding carboxylic acids is 1. The van der Waals surface area contributed by atoms with Crippen LogP contribution in [-0.4, -0.2) is 45.3 Å². The van der Waals surface area contributed by atoms with E-state index in [-0.39, 0.29) is 24.3 Å². The van der Waals surface area contributed by atoms with Crippen LogP contribution >= 0.6 is 0 Å². The summed E-state index contributed by atoms with van der Waals surface area (Å²) in [6, 6.07) is 7.13. The van der Waals surface area contributed by atoms with Gasteiger partial charge in [-0.05, 0) is 45.5 Å². The molecule has 1 heterocycles. The number of hydrogen-bond acceptors (Lipinski definition) is 4. The van der Waals surface area contributed by atoms with Gasteiger partial charge < -0.3 is 10.4 Å². The fourth-order valence-corrected chi connectivity index (χ4v) is 2.48. The van der Waals surface area contributed by atoms with Crippen LogP contribution < -0.4 is 5.32 Å². The number of rotatable bonds is 7. The Bertz CT molecular complexity index is 699. The lowest BCUT2D eigenvalue weighted by Gasteiger charge is -2.26. The molecule has 6 nitrogen and oxygen atoms in total. The first kappa shape index (κ1) is 19.1. The van der Waals surface area contributed by atoms with Crippen LogP contribution in [0, 0.1) is 5.82 Å². The second kappa shape index (κ2) is 8.22. The van der Waals surface area contributed by atoms with Gasteiger partial charge >= 0.3 is 0 Å². The van der Waals surface area contributed by atoms with Crippen molar-refractivity contribution in [1.82, 2.24) is 14.7 Å². The van der Waals surface area contributed by atoms with E-state index in [2.05, 4.69) is 10.4 Å². The Hall–Kier alpha value is -2.25. The summed E-state index contributed by atoms with van der Waals surface area (Å²) in [4.78, 5) is 14.2. The second-order valence-corrected chi connectivity index (χ2v) is 6.43. The molecule has 0 saturated carbocycles. The van der Waals surface area contributed by atoms with Gasteiger partial charge in [0.1, 0.15) is 11.6 Å². The van der Waals surface area contributed by atoms with Gasteiger partial charge in [-0.15, -0.1) is 0 Å². The fourth-order valence-electron chi connectivity index (χ4n) is 2.48. The summed E-state index contributed by atoms with van der Waals surface area (Å²) >= 11 is 0. The van der Waals surface area contributed by atoms with Gasteiger partial charge in [0.15, 0.2) is 0 Å². The lowest BCUT2D eigenvalue weighted by molar-refractivity contribution is -0.120. The van der Waals surface area contributed by atoms with Crippen molar-refractivity contribution in [3.63, 3.8) is 0 Å². The zero-order chi connectivity index (χ0) is 18.6. The zero-order valence-electron chi connectivity index (χ0n) is 15.0. The zero-order valence-corrected chi connectivity index (χ0v) is 15.0. The molecule has 0 radical (unpaired) electrons. The van der Waals surface area contributed by atoms with Crippen LogP contribution in [0.4, 0.5) is 10.2 Å². The van der Waals surface area contributed by atoms with Gasteiger partial charge in [0.2, 0.25) is 5.91 Å². The highest BCUT2D eigenvalue weighted by Crippen LogP contribution is 2.17. The first-order valence-electron chi connectivity index (χ1n) is 8.27. The summed E-state index contributed by atoms with van der Waals surface area (Å²) in [5.41, 5.74) is 0.610. The molecule has 0 aliphatic carbocycles. The summed E-state index contributed by atoms with van der Waals surface area (Å²) in [5.74, 6) is 0.106. The largest absolute Gasteiger partial charge is 0.387 e. The number of nitrogens with zero attached hydrogens (tertiary/aromatic N) is 3. The van der Waals surface area contributed by atoms with Gasteiger partial charge in [-0.3, -0.25) is 9.69 Å². The third kappa shape index (κ3) is 4.87. The van der Waals surface area contributed by atoms with E-state index in [1.54, 1.807) is 47.9 Å². The molecular formula is C18H25FN4O2. The Balaban J connectivity index is 1.96. The number of anilines is 1. The van der Waals surface area contributed by atoms with Crippen molar-refractivity contribution in [2.24, 2.45) is 0 Å². The maximum atomic E-state index is 13.0. The molecular weight excluding hydrogens is 323 g/mol. The van der Waals surface area contributed by atoms with Crippen LogP contribution in [0.15, 0.2) is 36.5 Å². The number of amides is 1. The van der Waals surface area contributed by atoms with Gasteiger partial charge in [-0.2, -0.15) is 5.10 Å². The molecule has 7 heteroatoms. The summed E-state index contributed by atoms with van der Waals surface area (Å²) in [7, 11) is 1.76. The SMILES string of the molecule is CC(C)n1nccc1NC(=O)[C@@H](C)N(C)C[C@@H](O)c1ccc(F)cc1. The molecule has 0 spiro atoms. The molecule has 2 aromatic rings. The minimum atomic E-state index is -0.804. The Kier molecular flexibility index (Phi) is 6.27. The number of carbonyl (C=O) groups is 1. The van der Waals surface area contributed by atoms with E-state index in [9.17, 15) is 14.3 Å². The van der Waals surface area contributed by atoms with Crippen molar-refractivity contribution < 1.29 is 14.3 Å². The molecule has 0 saturated heterocycles. The summed E-state index contributed by atoms with van der Waals surface area (Å²) in [6.45, 7) is 5.99. The number of benzene rings is 1. The van der Waals surface area contributed by atoms with Gasteiger partial charge in [-0.25, -0.2) is 9.07 Å². The van der Waals surface area contributed by atoms with Crippen molar-refractivity contribution >= 4 is 11.7 Å². The Labute approximate surface area is 147 Å². The molecule has 2 atom stereocenters. The normalized spacial score (nSPS) is 13.9. The minimum absolute atomic E-state index is 0.138. The van der Waals surface area contributed by atoms with Crippen LogP contribution in [0.3, 0.4) is 0 Å². The van der Waals surface area contributed by atoms with E-state index < -0.39 is 12.1 Å². The molecule has 136 valence electrons. The molecule has 1 amide bonds. The van der Waals surface area contributed by atoms with Crippen molar-refractivity contribution in [3.05, 3.63) is 47.9 Å². The quantitative estimate of drug-likeness (QED) is 0.807. The average Bonchev–Trinajstić information content (AvgIpc) is 3.02. The minimum Gasteiger partial charge on any atom is -0.387 e. The lowest BCUT2D eigenvalue weighted by atomic mass is 10.1. The standard InChI is InChI=1S/C18H25FN4O2/c1-12(2)23-17(9-10-20-23)21-18(25)13(3)22(4)11-16(24)14-5-7-15(19)8-6-14/h5-10,12-13,16,24H,11H2,1-4H3,(H,21,25)/t13-,16-/m1/s1. The molecule has 0 unspecified atom stereocenters. The molecule has 2 N–H and O–H groups in total. The Morgan fingerprint density at radius 2 is 1.92 bits per heavy atom. The molecule has 0 bridgehead atoms. The number of halogens is 1. The molecule has 1 aromatic heterocycles. The Morgan fingerprint density at radius 3 is 2.52 bits per heavy atom. The number of nitrogens with one attached hydrogen (secondary N) is 1. The van der Waals surface area contributed by atoms with Crippen LogP contribution in [0.5, 0.6) is 0 Å². The van der Waals surface area contributed by atoms with Crippen LogP contribution in [0.2, 0.25) is 0 Å². The lowest BCUT2D eigenvalue weighted by Crippen LogP contribution is -2.41. The smallest absolute Gasteiger partial charge is 0.242 e. The predicted octanol–water partition coefficient (Wildman–Crippen LogP) is 2.60. The van der Waals surface area contributed by atoms with E-state index in [1.807, 2.05) is 13.8 Å². The number of aromatic nitrogens is 2. The highest BCUT2D eigenvalue weighted by Gasteiger charge is 2.22. The monoisotopic (exact) mass is 348 g/mol. The molecule has 1 aromatic carbocycles. The van der Waals surface area contributed by atoms with Gasteiger partial charge in [0, 0.05) is 18.7 Å². The van der Waals surface area contributed by atoms with E-state index in [4.69, 9.17) is 0 Å². The average molecular weight is 348 g/mol. The molecule has 0 aliphatic heterocycles. The van der Waals surface area contributed by atoms with E-state index in [1.165, 1.54) is 12.1 Å². The number of aliphatic hydroxyl groups excluding tert-OH is 1. The topological polar surface area (TPSA) is 70.4 Å². The van der Waals surface area contributed by atoms with Gasteiger partial charge in [-0.1, -0.05) is 12.1 Å². The molecule has 0 fully saturated rings. The third-order valence-electron chi connectivity index (χ3n) is 4.17. The van der Waals surface area contributed by atoms with Crippen LogP contribution in [-0.2, 0) is 4.79 Å². The Morgan fingerprint density at radius 1 is 1.28 bits per heavy atom. The highest BCUT2D eigenvalue weighted by molar-refractivity contribution is 5.93. The third-order valence-corrected chi connectivity index (χ3v) is 4.17. The number of hydrogen-bond donors (Lipinski definition) is 2. The van der Waals surface area contributed by atoms with E-state index >= 15 is 0 Å². The van der Waals surface area contributed by atoms with Crippen LogP contribution in [0.25, 0.3) is 0 Å². The van der Waals surface area contributed by atoms with Crippen molar-refractivity contribution in [2.75, 3.05) is 18.9 Å². The van der Waals surface area contributed by atoms with Gasteiger partial charge in [0.05, 0.1) is 18.3 Å². The molecule has 25 heavy (non-hydrogen) atoms. The van der Waals surface area contributed by atoms with Crippen LogP contribution in [0.1, 0.15) is 38.5 Å². The second-order valence-electron chi connectivity index (χ2n) is 6.43. The van der Waals surface area contributed by atoms with Crippen molar-refractivity contribution in [3.8, 4) is 0 Å². The summed E-state index contributed by atoms with van der Waals surface area (Å²) in [5, 5.41) is 17.3. The molecule has 0 aliphatic rings. The van der Waals surface area contributed by atoms with E-state index in [0.717, 1.165) is 0 Å². The summed E-state index contributed by atoms with van der Waals surface area (Å²) < 4.78 is 14.7. The highest BCUT2D eigenvalue weighted by atomic mass is 19.1. The maximum absolute atomic E-state index is 13.0. The first-order valence-corrected chi connectivity index (χ1v) is 8.27. The first-order chi connectivity index (χ1) is 11.8. The van der Waals surface area contributed by atoms with E-state index in [0.29, 0.717) is 11.4 Å². The predicted molar refractivity (Wildman–Crippen MR) is 94.7 cm³/mol. The molecule has 2 rings (SSSR count).